The van der Waals surface area contributed by atoms with Crippen LogP contribution in [0.5, 0.6) is 0 Å². The first kappa shape index (κ1) is 7.94. The molecule has 0 aromatic rings. The summed E-state index contributed by atoms with van der Waals surface area (Å²) in [6, 6.07) is -0.313. The van der Waals surface area contributed by atoms with E-state index in [4.69, 9.17) is 0 Å². The lowest BCUT2D eigenvalue weighted by atomic mass is 9.83. The highest BCUT2D eigenvalue weighted by molar-refractivity contribution is 4.91. The van der Waals surface area contributed by atoms with E-state index in [9.17, 15) is 10.1 Å². The molecule has 1 heterocycles. The fourth-order valence-corrected chi connectivity index (χ4v) is 2.25. The summed E-state index contributed by atoms with van der Waals surface area (Å²) in [5.74, 6) is 0.467. The summed E-state index contributed by atoms with van der Waals surface area (Å²) in [7, 11) is 0. The number of fused-ring (bicyclic) bond motifs is 1. The minimum absolute atomic E-state index is 0.0637. The van der Waals surface area contributed by atoms with E-state index >= 15 is 0 Å². The number of nitrogens with one attached hydrogen (secondary N) is 2. The molecule has 0 aromatic heterocycles. The molecule has 0 bridgehead atoms. The van der Waals surface area contributed by atoms with Crippen LogP contribution in [-0.2, 0) is 0 Å². The van der Waals surface area contributed by atoms with Gasteiger partial charge in [-0.15, -0.1) is 0 Å². The summed E-state index contributed by atoms with van der Waals surface area (Å²) < 4.78 is 0. The Hall–Kier alpha value is -0.680. The van der Waals surface area contributed by atoms with E-state index < -0.39 is 0 Å². The molecule has 2 fully saturated rings. The first-order valence-corrected chi connectivity index (χ1v) is 4.41. The molecule has 2 aliphatic rings. The quantitative estimate of drug-likeness (QED) is 0.427. The zero-order valence-corrected chi connectivity index (χ0v) is 6.82. The Morgan fingerprint density at radius 3 is 3.00 bits per heavy atom. The van der Waals surface area contributed by atoms with Gasteiger partial charge in [-0.2, -0.15) is 0 Å². The second-order valence-electron chi connectivity index (χ2n) is 3.59. The second kappa shape index (κ2) is 2.99. The van der Waals surface area contributed by atoms with E-state index in [0.717, 1.165) is 25.8 Å². The molecule has 0 amide bonds. The van der Waals surface area contributed by atoms with Gasteiger partial charge in [0, 0.05) is 17.9 Å². The number of hydrazine groups is 1. The average molecular weight is 171 g/mol. The number of rotatable bonds is 1. The molecule has 3 atom stereocenters. The first-order valence-electron chi connectivity index (χ1n) is 4.41. The van der Waals surface area contributed by atoms with Crippen LogP contribution in [0.3, 0.4) is 0 Å². The Morgan fingerprint density at radius 1 is 1.42 bits per heavy atom. The Bertz CT molecular complexity index is 197. The van der Waals surface area contributed by atoms with Crippen molar-refractivity contribution in [1.29, 1.82) is 0 Å². The van der Waals surface area contributed by atoms with Crippen molar-refractivity contribution in [3.05, 3.63) is 10.1 Å². The summed E-state index contributed by atoms with van der Waals surface area (Å²) in [6.45, 7) is 0.884. The standard InChI is InChI=1S/C7H13N3O2/c11-10(12)6-3-1-2-5-4-8-9-7(5)6/h5-9H,1-4H2. The summed E-state index contributed by atoms with van der Waals surface area (Å²) in [6.07, 6.45) is 2.84. The lowest BCUT2D eigenvalue weighted by molar-refractivity contribution is -0.531. The summed E-state index contributed by atoms with van der Waals surface area (Å²) in [5, 5.41) is 10.6. The van der Waals surface area contributed by atoms with Gasteiger partial charge in [0.25, 0.3) is 0 Å². The third-order valence-corrected chi connectivity index (χ3v) is 2.90. The van der Waals surface area contributed by atoms with Crippen LogP contribution in [0.2, 0.25) is 0 Å². The van der Waals surface area contributed by atoms with E-state index in [1.807, 2.05) is 0 Å². The van der Waals surface area contributed by atoms with E-state index in [0.29, 0.717) is 5.92 Å². The number of hydrogen-bond donors (Lipinski definition) is 2. The molecule has 1 aliphatic heterocycles. The Morgan fingerprint density at radius 2 is 2.25 bits per heavy atom. The first-order chi connectivity index (χ1) is 5.79. The van der Waals surface area contributed by atoms with Crippen LogP contribution in [0, 0.1) is 16.0 Å². The number of nitrogens with zero attached hydrogens (tertiary/aromatic N) is 1. The molecule has 1 saturated heterocycles. The van der Waals surface area contributed by atoms with Crippen LogP contribution in [0.4, 0.5) is 0 Å². The average Bonchev–Trinajstić information content (AvgIpc) is 2.49. The number of nitro groups is 1. The van der Waals surface area contributed by atoms with E-state index in [1.54, 1.807) is 0 Å². The minimum Gasteiger partial charge on any atom is -0.264 e. The van der Waals surface area contributed by atoms with E-state index in [1.165, 1.54) is 0 Å². The van der Waals surface area contributed by atoms with Crippen LogP contribution < -0.4 is 10.9 Å². The molecular formula is C7H13N3O2. The van der Waals surface area contributed by atoms with Crippen LogP contribution in [0.25, 0.3) is 0 Å². The molecule has 1 saturated carbocycles. The van der Waals surface area contributed by atoms with Crippen molar-refractivity contribution >= 4 is 0 Å². The maximum atomic E-state index is 10.6. The fraction of sp³-hybridized carbons (Fsp3) is 1.00. The van der Waals surface area contributed by atoms with E-state index in [-0.39, 0.29) is 17.0 Å². The van der Waals surface area contributed by atoms with Gasteiger partial charge in [0.2, 0.25) is 6.04 Å². The summed E-state index contributed by atoms with van der Waals surface area (Å²) in [5.41, 5.74) is 5.99. The monoisotopic (exact) mass is 171 g/mol. The summed E-state index contributed by atoms with van der Waals surface area (Å²) >= 11 is 0. The van der Waals surface area contributed by atoms with Gasteiger partial charge < -0.3 is 0 Å². The van der Waals surface area contributed by atoms with Crippen LogP contribution in [-0.4, -0.2) is 23.6 Å². The lowest BCUT2D eigenvalue weighted by Crippen LogP contribution is -2.47. The molecule has 12 heavy (non-hydrogen) atoms. The number of hydrogen-bond acceptors (Lipinski definition) is 4. The normalized spacial score (nSPS) is 40.8. The van der Waals surface area contributed by atoms with Crippen LogP contribution in [0.1, 0.15) is 19.3 Å². The van der Waals surface area contributed by atoms with Gasteiger partial charge in [-0.3, -0.25) is 15.5 Å². The van der Waals surface area contributed by atoms with Gasteiger partial charge >= 0.3 is 0 Å². The van der Waals surface area contributed by atoms with Gasteiger partial charge in [0.15, 0.2) is 0 Å². The molecule has 3 unspecified atom stereocenters. The van der Waals surface area contributed by atoms with Crippen molar-refractivity contribution in [2.75, 3.05) is 6.54 Å². The van der Waals surface area contributed by atoms with Crippen LogP contribution >= 0.6 is 0 Å². The molecule has 5 heteroatoms. The van der Waals surface area contributed by atoms with Crippen molar-refractivity contribution in [3.63, 3.8) is 0 Å². The second-order valence-corrected chi connectivity index (χ2v) is 3.59. The minimum atomic E-state index is -0.376. The molecular weight excluding hydrogens is 158 g/mol. The SMILES string of the molecule is O=[N+]([O-])C1CCCC2CNNC21. The molecule has 68 valence electrons. The zero-order valence-electron chi connectivity index (χ0n) is 6.82. The largest absolute Gasteiger partial charge is 0.264 e. The van der Waals surface area contributed by atoms with E-state index in [2.05, 4.69) is 10.9 Å². The highest BCUT2D eigenvalue weighted by atomic mass is 16.6. The van der Waals surface area contributed by atoms with Crippen molar-refractivity contribution < 1.29 is 4.92 Å². The van der Waals surface area contributed by atoms with Gasteiger partial charge in [-0.1, -0.05) is 0 Å². The fourth-order valence-electron chi connectivity index (χ4n) is 2.25. The zero-order chi connectivity index (χ0) is 8.55. The summed E-state index contributed by atoms with van der Waals surface area (Å²) in [4.78, 5) is 10.5. The smallest absolute Gasteiger partial charge is 0.229 e. The van der Waals surface area contributed by atoms with Crippen molar-refractivity contribution in [2.24, 2.45) is 5.92 Å². The molecule has 2 N–H and O–H groups in total. The van der Waals surface area contributed by atoms with Gasteiger partial charge in [0.1, 0.15) is 0 Å². The molecule has 5 nitrogen and oxygen atoms in total. The van der Waals surface area contributed by atoms with Gasteiger partial charge in [-0.05, 0) is 18.8 Å². The predicted molar refractivity (Wildman–Crippen MR) is 43.0 cm³/mol. The molecule has 0 spiro atoms. The van der Waals surface area contributed by atoms with Crippen LogP contribution in [0.15, 0.2) is 0 Å². The van der Waals surface area contributed by atoms with Crippen molar-refractivity contribution in [1.82, 2.24) is 10.9 Å². The third kappa shape index (κ3) is 1.19. The molecule has 0 radical (unpaired) electrons. The molecule has 0 aromatic carbocycles. The highest BCUT2D eigenvalue weighted by Crippen LogP contribution is 2.27. The molecule has 1 aliphatic carbocycles. The highest BCUT2D eigenvalue weighted by Gasteiger charge is 2.43. The Kier molecular flexibility index (Phi) is 1.98. The molecule has 2 rings (SSSR count). The van der Waals surface area contributed by atoms with Crippen molar-refractivity contribution in [2.45, 2.75) is 31.3 Å². The lowest BCUT2D eigenvalue weighted by Gasteiger charge is -2.26. The maximum absolute atomic E-state index is 10.6. The Labute approximate surface area is 70.6 Å². The Balaban J connectivity index is 2.08. The predicted octanol–water partition coefficient (Wildman–Crippen LogP) is -0.0918. The maximum Gasteiger partial charge on any atom is 0.229 e. The topological polar surface area (TPSA) is 67.2 Å². The van der Waals surface area contributed by atoms with Crippen molar-refractivity contribution in [3.8, 4) is 0 Å². The van der Waals surface area contributed by atoms with Gasteiger partial charge in [-0.25, -0.2) is 5.43 Å². The third-order valence-electron chi connectivity index (χ3n) is 2.90. The van der Waals surface area contributed by atoms with Gasteiger partial charge in [0.05, 0.1) is 6.04 Å².